The molecule has 0 amide bonds. The molecule has 6 heteroatoms. The number of nitrogens with zero attached hydrogens (tertiary/aromatic N) is 2. The first-order valence-electron chi connectivity index (χ1n) is 10.4. The van der Waals surface area contributed by atoms with Crippen LogP contribution in [0.5, 0.6) is 0 Å². The van der Waals surface area contributed by atoms with Gasteiger partial charge in [-0.15, -0.1) is 0 Å². The lowest BCUT2D eigenvalue weighted by atomic mass is 9.82. The Kier molecular flexibility index (Phi) is 6.01. The molecule has 0 heterocycles. The lowest BCUT2D eigenvalue weighted by molar-refractivity contribution is -0.868. The minimum atomic E-state index is -0.0960. The number of fused-ring (bicyclic) bond motifs is 2. The summed E-state index contributed by atoms with van der Waals surface area (Å²) in [5.41, 5.74) is 3.38. The molecule has 6 nitrogen and oxygen atoms in total. The summed E-state index contributed by atoms with van der Waals surface area (Å²) in [6, 6.07) is 11.0. The number of rotatable bonds is 8. The molecule has 1 aliphatic carbocycles. The van der Waals surface area contributed by atoms with Gasteiger partial charge >= 0.3 is 0 Å². The van der Waals surface area contributed by atoms with Gasteiger partial charge in [0.2, 0.25) is 0 Å². The van der Waals surface area contributed by atoms with E-state index in [1.54, 1.807) is 12.1 Å². The highest BCUT2D eigenvalue weighted by molar-refractivity contribution is 6.31. The first-order chi connectivity index (χ1) is 14.0. The Labute approximate surface area is 179 Å². The molecular formula is C24H34N4O2+2. The van der Waals surface area contributed by atoms with Crippen molar-refractivity contribution >= 4 is 22.9 Å². The van der Waals surface area contributed by atoms with E-state index in [0.717, 1.165) is 46.5 Å². The van der Waals surface area contributed by atoms with Gasteiger partial charge in [0.25, 0.3) is 0 Å². The molecule has 2 aromatic rings. The van der Waals surface area contributed by atoms with Gasteiger partial charge in [-0.25, -0.2) is 0 Å². The molecule has 2 N–H and O–H groups in total. The van der Waals surface area contributed by atoms with Crippen LogP contribution < -0.4 is 10.6 Å². The minimum absolute atomic E-state index is 0.0925. The first-order valence-corrected chi connectivity index (χ1v) is 10.4. The zero-order valence-electron chi connectivity index (χ0n) is 19.0. The van der Waals surface area contributed by atoms with Crippen molar-refractivity contribution in [1.29, 1.82) is 0 Å². The Morgan fingerprint density at radius 3 is 1.40 bits per heavy atom. The maximum absolute atomic E-state index is 13.6. The fourth-order valence-electron chi connectivity index (χ4n) is 3.59. The van der Waals surface area contributed by atoms with Crippen molar-refractivity contribution in [3.05, 3.63) is 58.7 Å². The van der Waals surface area contributed by atoms with Gasteiger partial charge in [0.05, 0.1) is 79.6 Å². The summed E-state index contributed by atoms with van der Waals surface area (Å²) in [4.78, 5) is 26.8. The number of nitrogens with one attached hydrogen (secondary N) is 2. The Hall–Kier alpha value is -2.70. The molecule has 0 fully saturated rings. The van der Waals surface area contributed by atoms with Crippen molar-refractivity contribution < 1.29 is 18.6 Å². The Balaban J connectivity index is 1.93. The molecule has 0 spiro atoms. The third-order valence-corrected chi connectivity index (χ3v) is 5.27. The summed E-state index contributed by atoms with van der Waals surface area (Å²) >= 11 is 0. The number of quaternary nitrogens is 2. The molecule has 0 bridgehead atoms. The highest BCUT2D eigenvalue weighted by Crippen LogP contribution is 2.35. The van der Waals surface area contributed by atoms with Gasteiger partial charge in [0, 0.05) is 22.5 Å². The van der Waals surface area contributed by atoms with E-state index in [-0.39, 0.29) is 11.6 Å². The van der Waals surface area contributed by atoms with Crippen molar-refractivity contribution in [3.8, 4) is 0 Å². The van der Waals surface area contributed by atoms with Crippen molar-refractivity contribution in [2.45, 2.75) is 0 Å². The van der Waals surface area contributed by atoms with E-state index in [1.165, 1.54) is 0 Å². The largest absolute Gasteiger partial charge is 0.379 e. The van der Waals surface area contributed by atoms with Gasteiger partial charge in [0.15, 0.2) is 11.6 Å². The Bertz CT molecular complexity index is 893. The fourth-order valence-corrected chi connectivity index (χ4v) is 3.59. The molecule has 3 rings (SSSR count). The van der Waals surface area contributed by atoms with E-state index in [9.17, 15) is 9.59 Å². The van der Waals surface area contributed by atoms with Crippen LogP contribution in [0.4, 0.5) is 11.4 Å². The average molecular weight is 411 g/mol. The quantitative estimate of drug-likeness (QED) is 0.561. The van der Waals surface area contributed by atoms with Crippen LogP contribution in [0.15, 0.2) is 36.4 Å². The number of ketones is 2. The number of likely N-dealkylation sites (N-methyl/N-ethyl adjacent to an activating group) is 2. The molecule has 2 aromatic carbocycles. The van der Waals surface area contributed by atoms with E-state index in [4.69, 9.17) is 0 Å². The Morgan fingerprint density at radius 1 is 0.633 bits per heavy atom. The van der Waals surface area contributed by atoms with Crippen molar-refractivity contribution in [2.24, 2.45) is 0 Å². The molecule has 0 unspecified atom stereocenters. The van der Waals surface area contributed by atoms with Gasteiger partial charge in [-0.2, -0.15) is 0 Å². The topological polar surface area (TPSA) is 58.2 Å². The molecule has 0 saturated carbocycles. The molecule has 30 heavy (non-hydrogen) atoms. The molecule has 0 saturated heterocycles. The zero-order valence-corrected chi connectivity index (χ0v) is 19.0. The van der Waals surface area contributed by atoms with Crippen molar-refractivity contribution in [2.75, 3.05) is 79.1 Å². The first kappa shape index (κ1) is 22.0. The second kappa shape index (κ2) is 8.20. The summed E-state index contributed by atoms with van der Waals surface area (Å²) in [7, 11) is 12.8. The number of carbonyl (C=O) groups is 2. The normalized spacial score (nSPS) is 13.7. The highest BCUT2D eigenvalue weighted by Gasteiger charge is 2.33. The number of anilines is 2. The van der Waals surface area contributed by atoms with E-state index in [1.807, 2.05) is 24.3 Å². The monoisotopic (exact) mass is 410 g/mol. The molecule has 1 aliphatic rings. The van der Waals surface area contributed by atoms with E-state index in [0.29, 0.717) is 22.3 Å². The number of benzene rings is 2. The van der Waals surface area contributed by atoms with E-state index in [2.05, 4.69) is 52.9 Å². The predicted octanol–water partition coefficient (Wildman–Crippen LogP) is 2.70. The average Bonchev–Trinajstić information content (AvgIpc) is 2.64. The van der Waals surface area contributed by atoms with Crippen LogP contribution in [0.1, 0.15) is 31.8 Å². The van der Waals surface area contributed by atoms with Crippen LogP contribution in [-0.2, 0) is 0 Å². The zero-order chi connectivity index (χ0) is 22.1. The van der Waals surface area contributed by atoms with Gasteiger partial charge in [0.1, 0.15) is 0 Å². The second-order valence-corrected chi connectivity index (χ2v) is 10.00. The second-order valence-electron chi connectivity index (χ2n) is 10.00. The van der Waals surface area contributed by atoms with Gasteiger partial charge < -0.3 is 19.6 Å². The number of hydrogen-bond donors (Lipinski definition) is 2. The van der Waals surface area contributed by atoms with Crippen LogP contribution in [0.3, 0.4) is 0 Å². The van der Waals surface area contributed by atoms with Crippen molar-refractivity contribution in [1.82, 2.24) is 0 Å². The predicted molar refractivity (Wildman–Crippen MR) is 123 cm³/mol. The fraction of sp³-hybridized carbons (Fsp3) is 0.417. The third kappa shape index (κ3) is 4.89. The maximum atomic E-state index is 13.6. The van der Waals surface area contributed by atoms with Crippen molar-refractivity contribution in [3.63, 3.8) is 0 Å². The lowest BCUT2D eigenvalue weighted by Gasteiger charge is -2.26. The summed E-state index contributed by atoms with van der Waals surface area (Å²) < 4.78 is 1.64. The van der Waals surface area contributed by atoms with Gasteiger partial charge in [-0.1, -0.05) is 24.3 Å². The molecule has 0 radical (unpaired) electrons. The smallest absolute Gasteiger partial charge is 0.198 e. The SMILES string of the molecule is C[N+](C)(C)CCNc1cccc2c1C(=O)c1c(NCC[N+](C)(C)C)cccc1C2=O. The minimum Gasteiger partial charge on any atom is -0.379 e. The Morgan fingerprint density at radius 2 is 1.03 bits per heavy atom. The summed E-state index contributed by atoms with van der Waals surface area (Å²) in [6.45, 7) is 3.25. The van der Waals surface area contributed by atoms with Crippen LogP contribution in [0.2, 0.25) is 0 Å². The summed E-state index contributed by atoms with van der Waals surface area (Å²) in [5, 5.41) is 6.76. The van der Waals surface area contributed by atoms with E-state index < -0.39 is 0 Å². The van der Waals surface area contributed by atoms with Crippen LogP contribution in [-0.4, -0.2) is 89.0 Å². The highest BCUT2D eigenvalue weighted by atomic mass is 16.1. The molecule has 0 atom stereocenters. The molecule has 0 aliphatic heterocycles. The third-order valence-electron chi connectivity index (χ3n) is 5.27. The van der Waals surface area contributed by atoms with Gasteiger partial charge in [-0.3, -0.25) is 9.59 Å². The molecular weight excluding hydrogens is 376 g/mol. The maximum Gasteiger partial charge on any atom is 0.198 e. The van der Waals surface area contributed by atoms with Crippen LogP contribution >= 0.6 is 0 Å². The standard InChI is InChI=1S/C24H33N4O2/c1-27(2,3)15-13-25-19-11-7-9-17-21(19)24(30)22-18(23(17)29)10-8-12-20(22)26-14-16-28(4,5)6/h7-12H,13-16H2,1-6H3,(H-,25,26,30)/q+1/p+1. The number of hydrogen-bond acceptors (Lipinski definition) is 4. The number of carbonyl (C=O) groups excluding carboxylic acids is 2. The van der Waals surface area contributed by atoms with E-state index >= 15 is 0 Å². The molecule has 160 valence electrons. The van der Waals surface area contributed by atoms with Crippen LogP contribution in [0, 0.1) is 0 Å². The summed E-state index contributed by atoms with van der Waals surface area (Å²) in [6.07, 6.45) is 0. The summed E-state index contributed by atoms with van der Waals surface area (Å²) in [5.74, 6) is -0.189. The molecule has 0 aromatic heterocycles. The lowest BCUT2D eigenvalue weighted by Crippen LogP contribution is -2.39. The van der Waals surface area contributed by atoms with Gasteiger partial charge in [-0.05, 0) is 12.1 Å². The van der Waals surface area contributed by atoms with Crippen LogP contribution in [0.25, 0.3) is 0 Å².